The van der Waals surface area contributed by atoms with E-state index in [2.05, 4.69) is 17.4 Å². The largest absolute Gasteiger partial charge is 0.497 e. The minimum absolute atomic E-state index is 0.0294. The maximum Gasteiger partial charge on any atom is 0.317 e. The number of benzene rings is 1. The summed E-state index contributed by atoms with van der Waals surface area (Å²) in [5.74, 6) is 1.56. The summed E-state index contributed by atoms with van der Waals surface area (Å²) in [6.07, 6.45) is 5.21. The zero-order valence-electron chi connectivity index (χ0n) is 15.4. The molecule has 2 amide bonds. The molecule has 1 unspecified atom stereocenters. The van der Waals surface area contributed by atoms with Crippen molar-refractivity contribution in [3.05, 3.63) is 29.8 Å². The number of nitrogens with one attached hydrogen (secondary N) is 1. The molecular formula is C20H30N2O3. The normalized spacial score (nSPS) is 22.6. The highest BCUT2D eigenvalue weighted by Crippen LogP contribution is 2.38. The molecule has 0 aromatic heterocycles. The van der Waals surface area contributed by atoms with Gasteiger partial charge in [-0.25, -0.2) is 4.79 Å². The van der Waals surface area contributed by atoms with Gasteiger partial charge in [-0.1, -0.05) is 12.1 Å². The second kappa shape index (κ2) is 8.09. The molecule has 0 bridgehead atoms. The Labute approximate surface area is 150 Å². The van der Waals surface area contributed by atoms with E-state index in [1.165, 1.54) is 5.56 Å². The molecule has 2 saturated heterocycles. The Balaban J connectivity index is 1.55. The first kappa shape index (κ1) is 18.1. The van der Waals surface area contributed by atoms with Crippen molar-refractivity contribution in [2.75, 3.05) is 33.4 Å². The number of carbonyl (C=O) groups is 1. The fourth-order valence-corrected chi connectivity index (χ4v) is 4.13. The summed E-state index contributed by atoms with van der Waals surface area (Å²) in [5.41, 5.74) is 1.33. The molecular weight excluding hydrogens is 316 g/mol. The van der Waals surface area contributed by atoms with Crippen molar-refractivity contribution in [1.82, 2.24) is 10.2 Å². The van der Waals surface area contributed by atoms with E-state index in [1.807, 2.05) is 24.0 Å². The lowest BCUT2D eigenvalue weighted by Crippen LogP contribution is -2.53. The summed E-state index contributed by atoms with van der Waals surface area (Å²) in [7, 11) is 1.70. The fourth-order valence-electron chi connectivity index (χ4n) is 4.13. The van der Waals surface area contributed by atoms with Gasteiger partial charge in [0.05, 0.1) is 12.7 Å². The maximum absolute atomic E-state index is 12.0. The van der Waals surface area contributed by atoms with Crippen molar-refractivity contribution < 1.29 is 14.3 Å². The lowest BCUT2D eigenvalue weighted by molar-refractivity contribution is -0.122. The Morgan fingerprint density at radius 3 is 2.68 bits per heavy atom. The van der Waals surface area contributed by atoms with Gasteiger partial charge >= 0.3 is 6.03 Å². The van der Waals surface area contributed by atoms with Gasteiger partial charge < -0.3 is 19.7 Å². The Kier molecular flexibility index (Phi) is 5.84. The van der Waals surface area contributed by atoms with Crippen LogP contribution in [0.25, 0.3) is 0 Å². The Hall–Kier alpha value is -1.75. The van der Waals surface area contributed by atoms with Crippen LogP contribution in [0, 0.1) is 5.92 Å². The van der Waals surface area contributed by atoms with Crippen molar-refractivity contribution in [2.24, 2.45) is 5.92 Å². The van der Waals surface area contributed by atoms with E-state index in [1.54, 1.807) is 7.11 Å². The zero-order chi connectivity index (χ0) is 17.7. The van der Waals surface area contributed by atoms with Gasteiger partial charge in [-0.05, 0) is 62.6 Å². The quantitative estimate of drug-likeness (QED) is 0.911. The molecule has 2 aliphatic heterocycles. The summed E-state index contributed by atoms with van der Waals surface area (Å²) < 4.78 is 11.5. The Bertz CT molecular complexity index is 565. The van der Waals surface area contributed by atoms with E-state index in [0.29, 0.717) is 12.5 Å². The molecule has 2 fully saturated rings. The van der Waals surface area contributed by atoms with Gasteiger partial charge in [-0.15, -0.1) is 0 Å². The van der Waals surface area contributed by atoms with Crippen molar-refractivity contribution in [1.29, 1.82) is 0 Å². The van der Waals surface area contributed by atoms with Crippen LogP contribution in [0.4, 0.5) is 4.79 Å². The van der Waals surface area contributed by atoms with Crippen molar-refractivity contribution >= 4 is 6.03 Å². The van der Waals surface area contributed by atoms with Crippen molar-refractivity contribution in [3.8, 4) is 5.75 Å². The van der Waals surface area contributed by atoms with E-state index >= 15 is 0 Å². The number of amides is 2. The monoisotopic (exact) mass is 346 g/mol. The predicted molar refractivity (Wildman–Crippen MR) is 98.0 cm³/mol. The molecule has 0 radical (unpaired) electrons. The minimum atomic E-state index is -0.0294. The smallest absolute Gasteiger partial charge is 0.317 e. The maximum atomic E-state index is 12.0. The molecule has 1 spiro atoms. The highest BCUT2D eigenvalue weighted by atomic mass is 16.5. The summed E-state index contributed by atoms with van der Waals surface area (Å²) >= 11 is 0. The number of nitrogens with zero attached hydrogens (tertiary/aromatic N) is 1. The molecule has 1 N–H and O–H groups in total. The van der Waals surface area contributed by atoms with Crippen LogP contribution < -0.4 is 10.1 Å². The molecule has 2 heterocycles. The van der Waals surface area contributed by atoms with Crippen LogP contribution in [0.1, 0.15) is 38.2 Å². The SMILES string of the molecule is CCNC(=O)N1CCC2(CC1)CC(Cc1ccc(OC)cc1)CCO2. The van der Waals surface area contributed by atoms with Gasteiger partial charge in [0.1, 0.15) is 5.75 Å². The second-order valence-electron chi connectivity index (χ2n) is 7.27. The number of hydrogen-bond acceptors (Lipinski definition) is 3. The summed E-state index contributed by atoms with van der Waals surface area (Å²) in [5, 5.41) is 2.89. The third-order valence-electron chi connectivity index (χ3n) is 5.57. The molecule has 0 aliphatic carbocycles. The van der Waals surface area contributed by atoms with Crippen molar-refractivity contribution in [2.45, 2.75) is 44.6 Å². The van der Waals surface area contributed by atoms with E-state index in [-0.39, 0.29) is 11.6 Å². The standard InChI is InChI=1S/C20H30N2O3/c1-3-21-19(23)22-11-9-20(10-12-22)15-17(8-13-25-20)14-16-4-6-18(24-2)7-5-16/h4-7,17H,3,8-15H2,1-2H3,(H,21,23). The summed E-state index contributed by atoms with van der Waals surface area (Å²) in [6, 6.07) is 8.46. The first-order valence-electron chi connectivity index (χ1n) is 9.44. The number of methoxy groups -OCH3 is 1. The molecule has 25 heavy (non-hydrogen) atoms. The highest BCUT2D eigenvalue weighted by Gasteiger charge is 2.41. The van der Waals surface area contributed by atoms with Gasteiger partial charge in [-0.2, -0.15) is 0 Å². The van der Waals surface area contributed by atoms with Crippen LogP contribution in [-0.4, -0.2) is 49.9 Å². The molecule has 1 aromatic carbocycles. The molecule has 5 nitrogen and oxygen atoms in total. The van der Waals surface area contributed by atoms with Gasteiger partial charge in [0.2, 0.25) is 0 Å². The predicted octanol–water partition coefficient (Wildman–Crippen LogP) is 3.23. The van der Waals surface area contributed by atoms with Gasteiger partial charge in [0.15, 0.2) is 0 Å². The molecule has 1 aromatic rings. The first-order chi connectivity index (χ1) is 12.1. The third-order valence-corrected chi connectivity index (χ3v) is 5.57. The lowest BCUT2D eigenvalue weighted by Gasteiger charge is -2.46. The Morgan fingerprint density at radius 2 is 2.04 bits per heavy atom. The van der Waals surface area contributed by atoms with E-state index < -0.39 is 0 Å². The minimum Gasteiger partial charge on any atom is -0.497 e. The zero-order valence-corrected chi connectivity index (χ0v) is 15.4. The van der Waals surface area contributed by atoms with Gasteiger partial charge in [0.25, 0.3) is 0 Å². The van der Waals surface area contributed by atoms with Crippen molar-refractivity contribution in [3.63, 3.8) is 0 Å². The molecule has 1 atom stereocenters. The molecule has 138 valence electrons. The van der Waals surface area contributed by atoms with Crippen LogP contribution in [0.3, 0.4) is 0 Å². The number of ether oxygens (including phenoxy) is 2. The van der Waals surface area contributed by atoms with E-state index in [0.717, 1.165) is 57.6 Å². The number of hydrogen-bond donors (Lipinski definition) is 1. The van der Waals surface area contributed by atoms with Gasteiger partial charge in [0, 0.05) is 26.2 Å². The second-order valence-corrected chi connectivity index (χ2v) is 7.27. The van der Waals surface area contributed by atoms with E-state index in [4.69, 9.17) is 9.47 Å². The van der Waals surface area contributed by atoms with Crippen LogP contribution in [0.15, 0.2) is 24.3 Å². The number of rotatable bonds is 4. The van der Waals surface area contributed by atoms with Crippen LogP contribution in [0.2, 0.25) is 0 Å². The third kappa shape index (κ3) is 4.46. The summed E-state index contributed by atoms with van der Waals surface area (Å²) in [6.45, 7) is 5.06. The van der Waals surface area contributed by atoms with Crippen LogP contribution in [0.5, 0.6) is 5.75 Å². The number of likely N-dealkylation sites (tertiary alicyclic amines) is 1. The van der Waals surface area contributed by atoms with E-state index in [9.17, 15) is 4.79 Å². The average Bonchev–Trinajstić information content (AvgIpc) is 2.63. The molecule has 2 aliphatic rings. The van der Waals surface area contributed by atoms with Crippen LogP contribution in [-0.2, 0) is 11.2 Å². The van der Waals surface area contributed by atoms with Crippen LogP contribution >= 0.6 is 0 Å². The lowest BCUT2D eigenvalue weighted by atomic mass is 9.77. The average molecular weight is 346 g/mol. The fraction of sp³-hybridized carbons (Fsp3) is 0.650. The summed E-state index contributed by atoms with van der Waals surface area (Å²) in [4.78, 5) is 13.9. The highest BCUT2D eigenvalue weighted by molar-refractivity contribution is 5.74. The number of urea groups is 1. The first-order valence-corrected chi connectivity index (χ1v) is 9.44. The van der Waals surface area contributed by atoms with Gasteiger partial charge in [-0.3, -0.25) is 0 Å². The molecule has 0 saturated carbocycles. The number of piperidine rings is 1. The molecule has 3 rings (SSSR count). The molecule has 5 heteroatoms. The topological polar surface area (TPSA) is 50.8 Å². The number of carbonyl (C=O) groups excluding carboxylic acids is 1. The Morgan fingerprint density at radius 1 is 1.32 bits per heavy atom.